The summed E-state index contributed by atoms with van der Waals surface area (Å²) in [5, 5.41) is 5.57. The van der Waals surface area contributed by atoms with Crippen LogP contribution in [0.5, 0.6) is 0 Å². The number of nitrogens with one attached hydrogen (secondary N) is 2. The molecule has 3 nitrogen and oxygen atoms in total. The highest BCUT2D eigenvalue weighted by Crippen LogP contribution is 1.86. The maximum atomic E-state index is 4.97. The van der Waals surface area contributed by atoms with Crippen LogP contribution in [-0.2, 0) is 0 Å². The van der Waals surface area contributed by atoms with Crippen molar-refractivity contribution in [3.8, 4) is 0 Å². The van der Waals surface area contributed by atoms with E-state index in [0.717, 1.165) is 12.3 Å². The Morgan fingerprint density at radius 2 is 2.18 bits per heavy atom. The van der Waals surface area contributed by atoms with Crippen molar-refractivity contribution in [2.75, 3.05) is 32.6 Å². The summed E-state index contributed by atoms with van der Waals surface area (Å²) in [5.41, 5.74) is 2.95. The summed E-state index contributed by atoms with van der Waals surface area (Å²) in [7, 11) is 3.81. The van der Waals surface area contributed by atoms with Crippen LogP contribution < -0.4 is 10.7 Å². The van der Waals surface area contributed by atoms with Crippen LogP contribution >= 0.6 is 24.0 Å². The Bertz CT molecular complexity index is 116. The highest BCUT2D eigenvalue weighted by atomic mass is 32.2. The second kappa shape index (κ2) is 6.69. The number of hydrogen-bond donors (Lipinski definition) is 2. The molecule has 0 unspecified atom stereocenters. The van der Waals surface area contributed by atoms with Crippen LogP contribution in [0.3, 0.4) is 0 Å². The van der Waals surface area contributed by atoms with E-state index < -0.39 is 0 Å². The van der Waals surface area contributed by atoms with E-state index in [9.17, 15) is 0 Å². The van der Waals surface area contributed by atoms with Gasteiger partial charge in [0.15, 0.2) is 5.11 Å². The molecule has 0 aromatic carbocycles. The van der Waals surface area contributed by atoms with Crippen LogP contribution in [0.2, 0.25) is 0 Å². The first-order valence-corrected chi connectivity index (χ1v) is 5.17. The van der Waals surface area contributed by atoms with E-state index in [-0.39, 0.29) is 0 Å². The van der Waals surface area contributed by atoms with Crippen molar-refractivity contribution in [1.29, 1.82) is 0 Å². The van der Waals surface area contributed by atoms with E-state index in [1.165, 1.54) is 0 Å². The number of thioether (sulfide) groups is 1. The van der Waals surface area contributed by atoms with Gasteiger partial charge in [0.25, 0.3) is 0 Å². The van der Waals surface area contributed by atoms with Gasteiger partial charge in [0.2, 0.25) is 0 Å². The van der Waals surface area contributed by atoms with Gasteiger partial charge in [0, 0.05) is 26.4 Å². The van der Waals surface area contributed by atoms with Crippen molar-refractivity contribution < 1.29 is 0 Å². The molecule has 0 aromatic heterocycles. The zero-order valence-corrected chi connectivity index (χ0v) is 8.81. The number of hydrazine groups is 1. The molecule has 0 saturated carbocycles. The van der Waals surface area contributed by atoms with Gasteiger partial charge in [-0.2, -0.15) is 11.8 Å². The predicted molar refractivity (Wildman–Crippen MR) is 55.8 cm³/mol. The summed E-state index contributed by atoms with van der Waals surface area (Å²) < 4.78 is 0. The fraction of sp³-hybridized carbons (Fsp3) is 0.833. The van der Waals surface area contributed by atoms with Gasteiger partial charge < -0.3 is 5.32 Å². The number of thiocarbonyl (C=S) groups is 1. The van der Waals surface area contributed by atoms with Gasteiger partial charge in [-0.3, -0.25) is 5.43 Å². The summed E-state index contributed by atoms with van der Waals surface area (Å²) in [6.07, 6.45) is 2.07. The molecule has 11 heavy (non-hydrogen) atoms. The molecule has 0 aliphatic carbocycles. The van der Waals surface area contributed by atoms with Crippen molar-refractivity contribution in [2.24, 2.45) is 0 Å². The average Bonchev–Trinajstić information content (AvgIpc) is 1.86. The van der Waals surface area contributed by atoms with Gasteiger partial charge in [-0.1, -0.05) is 0 Å². The van der Waals surface area contributed by atoms with Crippen LogP contribution in [0.25, 0.3) is 0 Å². The second-order valence-electron chi connectivity index (χ2n) is 2.25. The average molecular weight is 193 g/mol. The van der Waals surface area contributed by atoms with Gasteiger partial charge in [-0.15, -0.1) is 0 Å². The van der Waals surface area contributed by atoms with Crippen molar-refractivity contribution in [3.63, 3.8) is 0 Å². The molecule has 0 aromatic rings. The Balaban J connectivity index is 3.23. The highest BCUT2D eigenvalue weighted by Gasteiger charge is 1.93. The molecule has 2 N–H and O–H groups in total. The lowest BCUT2D eigenvalue weighted by Gasteiger charge is -2.14. The smallest absolute Gasteiger partial charge is 0.181 e. The maximum Gasteiger partial charge on any atom is 0.181 e. The maximum absolute atomic E-state index is 4.97. The molecule has 66 valence electrons. The Morgan fingerprint density at radius 1 is 1.55 bits per heavy atom. The zero-order chi connectivity index (χ0) is 8.69. The normalized spacial score (nSPS) is 9.82. The van der Waals surface area contributed by atoms with Crippen LogP contribution in [-0.4, -0.2) is 42.8 Å². The Morgan fingerprint density at radius 3 is 2.64 bits per heavy atom. The van der Waals surface area contributed by atoms with E-state index in [2.05, 4.69) is 17.0 Å². The Labute approximate surface area is 77.9 Å². The number of rotatable bonds is 4. The van der Waals surface area contributed by atoms with Crippen LogP contribution in [0, 0.1) is 0 Å². The summed E-state index contributed by atoms with van der Waals surface area (Å²) in [4.78, 5) is 0. The molecule has 0 amide bonds. The third-order valence-corrected chi connectivity index (χ3v) is 1.76. The highest BCUT2D eigenvalue weighted by molar-refractivity contribution is 7.98. The minimum absolute atomic E-state index is 0.684. The van der Waals surface area contributed by atoms with Gasteiger partial charge in [0.05, 0.1) is 0 Å². The summed E-state index contributed by atoms with van der Waals surface area (Å²) in [6.45, 7) is 0.918. The van der Waals surface area contributed by atoms with Crippen LogP contribution in [0.4, 0.5) is 0 Å². The minimum Gasteiger partial charge on any atom is -0.361 e. The first-order valence-electron chi connectivity index (χ1n) is 3.37. The SMILES string of the molecule is CSCCNC(=S)NN(C)C. The lowest BCUT2D eigenvalue weighted by molar-refractivity contribution is 0.360. The van der Waals surface area contributed by atoms with E-state index >= 15 is 0 Å². The van der Waals surface area contributed by atoms with Gasteiger partial charge in [-0.05, 0) is 18.5 Å². The standard InChI is InChI=1S/C6H15N3S2/c1-9(2)8-6(10)7-4-5-11-3/h4-5H2,1-3H3,(H2,7,8,10). The molecule has 0 aliphatic heterocycles. The molecular formula is C6H15N3S2. The molecule has 0 atom stereocenters. The molecule has 0 heterocycles. The van der Waals surface area contributed by atoms with Crippen molar-refractivity contribution >= 4 is 29.1 Å². The molecular weight excluding hydrogens is 178 g/mol. The molecule has 0 fully saturated rings. The largest absolute Gasteiger partial charge is 0.361 e. The molecule has 0 bridgehead atoms. The first-order chi connectivity index (χ1) is 5.16. The minimum atomic E-state index is 0.684. The summed E-state index contributed by atoms with van der Waals surface area (Å²) >= 11 is 6.77. The van der Waals surface area contributed by atoms with Crippen molar-refractivity contribution in [3.05, 3.63) is 0 Å². The lowest BCUT2D eigenvalue weighted by Crippen LogP contribution is -2.43. The van der Waals surface area contributed by atoms with Gasteiger partial charge in [0.1, 0.15) is 0 Å². The van der Waals surface area contributed by atoms with Gasteiger partial charge in [-0.25, -0.2) is 5.01 Å². The third kappa shape index (κ3) is 7.90. The predicted octanol–water partition coefficient (Wildman–Crippen LogP) is 0.290. The molecule has 0 rings (SSSR count). The monoisotopic (exact) mass is 193 g/mol. The van der Waals surface area contributed by atoms with Crippen molar-refractivity contribution in [2.45, 2.75) is 0 Å². The van der Waals surface area contributed by atoms with Crippen LogP contribution in [0.1, 0.15) is 0 Å². The van der Waals surface area contributed by atoms with Crippen LogP contribution in [0.15, 0.2) is 0 Å². The number of nitrogens with zero attached hydrogens (tertiary/aromatic N) is 1. The molecule has 0 saturated heterocycles. The van der Waals surface area contributed by atoms with E-state index in [4.69, 9.17) is 12.2 Å². The first kappa shape index (κ1) is 11.0. The third-order valence-electron chi connectivity index (χ3n) is 0.917. The van der Waals surface area contributed by atoms with Gasteiger partial charge >= 0.3 is 0 Å². The second-order valence-corrected chi connectivity index (χ2v) is 3.65. The molecule has 0 radical (unpaired) electrons. The zero-order valence-electron chi connectivity index (χ0n) is 7.18. The Hall–Kier alpha value is -0.0000000000000000486. The van der Waals surface area contributed by atoms with E-state index in [1.807, 2.05) is 19.1 Å². The molecule has 0 spiro atoms. The fourth-order valence-corrected chi connectivity index (χ4v) is 1.10. The quantitative estimate of drug-likeness (QED) is 0.380. The lowest BCUT2D eigenvalue weighted by atomic mass is 10.7. The topological polar surface area (TPSA) is 27.3 Å². The molecule has 0 aliphatic rings. The van der Waals surface area contributed by atoms with E-state index in [1.54, 1.807) is 11.8 Å². The fourth-order valence-electron chi connectivity index (χ4n) is 0.509. The van der Waals surface area contributed by atoms with Crippen molar-refractivity contribution in [1.82, 2.24) is 15.8 Å². The number of hydrogen-bond acceptors (Lipinski definition) is 3. The Kier molecular flexibility index (Phi) is 6.69. The molecule has 5 heteroatoms. The summed E-state index contributed by atoms with van der Waals surface area (Å²) in [5.74, 6) is 1.08. The summed E-state index contributed by atoms with van der Waals surface area (Å²) in [6, 6.07) is 0. The van der Waals surface area contributed by atoms with E-state index in [0.29, 0.717) is 5.11 Å².